The Morgan fingerprint density at radius 3 is 2.58 bits per heavy atom. The molecule has 0 aliphatic carbocycles. The number of carbonyl (C=O) groups is 1. The number of ether oxygens (including phenoxy) is 1. The molecular weight excluding hydrogens is 354 g/mol. The fraction of sp³-hybridized carbons (Fsp3) is 0.421. The number of sulfone groups is 1. The number of nitrogens with one attached hydrogen (secondary N) is 1. The zero-order valence-corrected chi connectivity index (χ0v) is 15.8. The van der Waals surface area contributed by atoms with E-state index in [-0.39, 0.29) is 23.8 Å². The van der Waals surface area contributed by atoms with Crippen LogP contribution in [0.15, 0.2) is 40.8 Å². The van der Waals surface area contributed by atoms with Crippen molar-refractivity contribution >= 4 is 15.7 Å². The second-order valence-electron chi connectivity index (χ2n) is 6.95. The monoisotopic (exact) mass is 377 g/mol. The lowest BCUT2D eigenvalue weighted by Gasteiger charge is -2.23. The van der Waals surface area contributed by atoms with Gasteiger partial charge in [-0.1, -0.05) is 0 Å². The van der Waals surface area contributed by atoms with Gasteiger partial charge in [-0.3, -0.25) is 4.79 Å². The summed E-state index contributed by atoms with van der Waals surface area (Å²) < 4.78 is 34.2. The Labute approximate surface area is 153 Å². The zero-order chi connectivity index (χ0) is 18.8. The first-order valence-corrected chi connectivity index (χ1v) is 10.4. The molecule has 1 aromatic carbocycles. The third kappa shape index (κ3) is 4.46. The van der Waals surface area contributed by atoms with Gasteiger partial charge in [-0.15, -0.1) is 0 Å². The van der Waals surface area contributed by atoms with Gasteiger partial charge in [0.1, 0.15) is 17.3 Å². The van der Waals surface area contributed by atoms with Crippen LogP contribution in [0.2, 0.25) is 0 Å². The predicted molar refractivity (Wildman–Crippen MR) is 98.8 cm³/mol. The Balaban J connectivity index is 1.55. The standard InChI is InChI=1S/C19H23NO5S/c1-19(11-12-26(22,23)13-19)20-18(21)10-8-16-7-9-17(25-16)14-3-5-15(24-2)6-4-14/h3-7,9H,8,10-13H2,1-2H3,(H,20,21)/t19-/m1/s1. The molecule has 1 atom stereocenters. The van der Waals surface area contributed by atoms with Crippen molar-refractivity contribution in [1.82, 2.24) is 5.32 Å². The minimum Gasteiger partial charge on any atom is -0.497 e. The smallest absolute Gasteiger partial charge is 0.220 e. The second kappa shape index (κ2) is 7.15. The molecule has 6 nitrogen and oxygen atoms in total. The number of benzene rings is 1. The van der Waals surface area contributed by atoms with Crippen molar-refractivity contribution in [2.75, 3.05) is 18.6 Å². The van der Waals surface area contributed by atoms with Crippen molar-refractivity contribution in [2.45, 2.75) is 31.7 Å². The molecule has 26 heavy (non-hydrogen) atoms. The van der Waals surface area contributed by atoms with Crippen LogP contribution in [0.5, 0.6) is 5.75 Å². The minimum absolute atomic E-state index is 0.00805. The first kappa shape index (κ1) is 18.5. The Bertz CT molecular complexity index is 885. The van der Waals surface area contributed by atoms with E-state index in [0.29, 0.717) is 12.8 Å². The number of amides is 1. The van der Waals surface area contributed by atoms with Gasteiger partial charge in [0.15, 0.2) is 9.84 Å². The number of aryl methyl sites for hydroxylation is 1. The number of hydrogen-bond donors (Lipinski definition) is 1. The molecule has 7 heteroatoms. The maximum absolute atomic E-state index is 12.2. The van der Waals surface area contributed by atoms with E-state index < -0.39 is 15.4 Å². The maximum atomic E-state index is 12.2. The lowest BCUT2D eigenvalue weighted by molar-refractivity contribution is -0.122. The zero-order valence-electron chi connectivity index (χ0n) is 14.9. The molecule has 1 N–H and O–H groups in total. The van der Waals surface area contributed by atoms with Gasteiger partial charge in [0.2, 0.25) is 5.91 Å². The van der Waals surface area contributed by atoms with Crippen LogP contribution in [0.1, 0.15) is 25.5 Å². The van der Waals surface area contributed by atoms with E-state index in [4.69, 9.17) is 9.15 Å². The van der Waals surface area contributed by atoms with Crippen molar-refractivity contribution in [2.24, 2.45) is 0 Å². The summed E-state index contributed by atoms with van der Waals surface area (Å²) in [5.74, 6) is 2.21. The third-order valence-corrected chi connectivity index (χ3v) is 6.48. The third-order valence-electron chi connectivity index (χ3n) is 4.58. The highest BCUT2D eigenvalue weighted by molar-refractivity contribution is 7.91. The number of furan rings is 1. The van der Waals surface area contributed by atoms with Gasteiger partial charge in [-0.2, -0.15) is 0 Å². The van der Waals surface area contributed by atoms with Crippen LogP contribution >= 0.6 is 0 Å². The van der Waals surface area contributed by atoms with Gasteiger partial charge < -0.3 is 14.5 Å². The van der Waals surface area contributed by atoms with Gasteiger partial charge in [-0.25, -0.2) is 8.42 Å². The van der Waals surface area contributed by atoms with E-state index >= 15 is 0 Å². The summed E-state index contributed by atoms with van der Waals surface area (Å²) in [6, 6.07) is 11.3. The predicted octanol–water partition coefficient (Wildman–Crippen LogP) is 2.58. The van der Waals surface area contributed by atoms with Gasteiger partial charge >= 0.3 is 0 Å². The molecule has 0 radical (unpaired) electrons. The molecule has 1 amide bonds. The fourth-order valence-electron chi connectivity index (χ4n) is 3.17. The summed E-state index contributed by atoms with van der Waals surface area (Å²) in [5.41, 5.74) is 0.276. The van der Waals surface area contributed by atoms with E-state index in [0.717, 1.165) is 22.8 Å². The molecule has 0 bridgehead atoms. The van der Waals surface area contributed by atoms with Crippen molar-refractivity contribution in [3.63, 3.8) is 0 Å². The lowest BCUT2D eigenvalue weighted by atomic mass is 10.0. The Kier molecular flexibility index (Phi) is 5.09. The molecule has 1 saturated heterocycles. The van der Waals surface area contributed by atoms with Gasteiger partial charge in [-0.05, 0) is 49.7 Å². The maximum Gasteiger partial charge on any atom is 0.220 e. The van der Waals surface area contributed by atoms with Gasteiger partial charge in [0.05, 0.1) is 24.2 Å². The molecule has 0 spiro atoms. The van der Waals surface area contributed by atoms with Crippen molar-refractivity contribution in [3.05, 3.63) is 42.2 Å². The van der Waals surface area contributed by atoms with Crippen LogP contribution in [0.25, 0.3) is 11.3 Å². The number of methoxy groups -OCH3 is 1. The van der Waals surface area contributed by atoms with Crippen LogP contribution in [-0.2, 0) is 21.1 Å². The van der Waals surface area contributed by atoms with Crippen molar-refractivity contribution < 1.29 is 22.4 Å². The summed E-state index contributed by atoms with van der Waals surface area (Å²) in [5, 5.41) is 2.86. The normalized spacial score (nSPS) is 21.5. The topological polar surface area (TPSA) is 85.6 Å². The summed E-state index contributed by atoms with van der Waals surface area (Å²) in [6.07, 6.45) is 1.18. The van der Waals surface area contributed by atoms with Gasteiger partial charge in [0.25, 0.3) is 0 Å². The quantitative estimate of drug-likeness (QED) is 0.836. The molecule has 1 aliphatic rings. The summed E-state index contributed by atoms with van der Waals surface area (Å²) in [4.78, 5) is 12.2. The van der Waals surface area contributed by atoms with E-state index in [1.54, 1.807) is 14.0 Å². The van der Waals surface area contributed by atoms with Crippen LogP contribution in [-0.4, -0.2) is 38.5 Å². The lowest BCUT2D eigenvalue weighted by Crippen LogP contribution is -2.46. The van der Waals surface area contributed by atoms with Crippen LogP contribution in [0.3, 0.4) is 0 Å². The van der Waals surface area contributed by atoms with Gasteiger partial charge in [0, 0.05) is 18.4 Å². The van der Waals surface area contributed by atoms with E-state index in [1.807, 2.05) is 36.4 Å². The van der Waals surface area contributed by atoms with Crippen LogP contribution in [0.4, 0.5) is 0 Å². The average molecular weight is 377 g/mol. The highest BCUT2D eigenvalue weighted by Crippen LogP contribution is 2.26. The molecule has 140 valence electrons. The molecule has 1 fully saturated rings. The molecule has 2 aromatic rings. The van der Waals surface area contributed by atoms with Crippen molar-refractivity contribution in [3.8, 4) is 17.1 Å². The minimum atomic E-state index is -3.04. The van der Waals surface area contributed by atoms with E-state index in [2.05, 4.69) is 5.32 Å². The van der Waals surface area contributed by atoms with Crippen LogP contribution < -0.4 is 10.1 Å². The van der Waals surface area contributed by atoms with Crippen LogP contribution in [0, 0.1) is 0 Å². The Morgan fingerprint density at radius 2 is 1.96 bits per heavy atom. The number of hydrogen-bond acceptors (Lipinski definition) is 5. The van der Waals surface area contributed by atoms with Crippen molar-refractivity contribution in [1.29, 1.82) is 0 Å². The summed E-state index contributed by atoms with van der Waals surface area (Å²) >= 11 is 0. The largest absolute Gasteiger partial charge is 0.497 e. The Morgan fingerprint density at radius 1 is 1.23 bits per heavy atom. The molecular formula is C19H23NO5S. The van der Waals surface area contributed by atoms with E-state index in [9.17, 15) is 13.2 Å². The highest BCUT2D eigenvalue weighted by atomic mass is 32.2. The molecule has 1 aromatic heterocycles. The number of carbonyl (C=O) groups excluding carboxylic acids is 1. The first-order valence-electron chi connectivity index (χ1n) is 8.53. The molecule has 1 aliphatic heterocycles. The molecule has 2 heterocycles. The summed E-state index contributed by atoms with van der Waals surface area (Å²) in [6.45, 7) is 1.78. The summed E-state index contributed by atoms with van der Waals surface area (Å²) in [7, 11) is -1.42. The molecule has 0 unspecified atom stereocenters. The highest BCUT2D eigenvalue weighted by Gasteiger charge is 2.39. The molecule has 0 saturated carbocycles. The second-order valence-corrected chi connectivity index (χ2v) is 9.13. The Hall–Kier alpha value is -2.28. The number of rotatable bonds is 6. The SMILES string of the molecule is COc1ccc(-c2ccc(CCC(=O)N[C@]3(C)CCS(=O)(=O)C3)o2)cc1. The fourth-order valence-corrected chi connectivity index (χ4v) is 5.26. The molecule has 3 rings (SSSR count). The van der Waals surface area contributed by atoms with E-state index in [1.165, 1.54) is 0 Å². The average Bonchev–Trinajstić information content (AvgIpc) is 3.17. The first-order chi connectivity index (χ1) is 12.3.